The minimum Gasteiger partial charge on any atom is -0.360 e. The minimum atomic E-state index is -0.0992. The number of thiazole rings is 1. The van der Waals surface area contributed by atoms with Gasteiger partial charge in [0.05, 0.1) is 5.69 Å². The molecule has 0 aliphatic rings. The SMILES string of the molecule is CCc1csc(NCC(N)(CC)CC)n1. The third kappa shape index (κ3) is 3.47. The second-order valence-electron chi connectivity index (χ2n) is 3.92. The van der Waals surface area contributed by atoms with Crippen molar-refractivity contribution >= 4 is 16.5 Å². The van der Waals surface area contributed by atoms with Crippen LogP contribution in [-0.4, -0.2) is 17.1 Å². The molecule has 86 valence electrons. The molecule has 3 nitrogen and oxygen atoms in total. The van der Waals surface area contributed by atoms with Crippen LogP contribution in [0.4, 0.5) is 5.13 Å². The highest BCUT2D eigenvalue weighted by atomic mass is 32.1. The summed E-state index contributed by atoms with van der Waals surface area (Å²) in [4.78, 5) is 4.45. The van der Waals surface area contributed by atoms with Crippen molar-refractivity contribution in [3.8, 4) is 0 Å². The van der Waals surface area contributed by atoms with Gasteiger partial charge in [-0.15, -0.1) is 11.3 Å². The maximum absolute atomic E-state index is 6.20. The summed E-state index contributed by atoms with van der Waals surface area (Å²) in [5.41, 5.74) is 7.25. The lowest BCUT2D eigenvalue weighted by Crippen LogP contribution is -2.45. The second-order valence-corrected chi connectivity index (χ2v) is 4.78. The van der Waals surface area contributed by atoms with Gasteiger partial charge in [0.1, 0.15) is 0 Å². The fourth-order valence-electron chi connectivity index (χ4n) is 1.30. The largest absolute Gasteiger partial charge is 0.360 e. The van der Waals surface area contributed by atoms with E-state index >= 15 is 0 Å². The van der Waals surface area contributed by atoms with Gasteiger partial charge in [-0.25, -0.2) is 4.98 Å². The standard InChI is InChI=1S/C11H21N3S/c1-4-9-7-15-10(14-9)13-8-11(12,5-2)6-3/h7H,4-6,8,12H2,1-3H3,(H,13,14). The van der Waals surface area contributed by atoms with E-state index < -0.39 is 0 Å². The summed E-state index contributed by atoms with van der Waals surface area (Å²) in [5.74, 6) is 0. The summed E-state index contributed by atoms with van der Waals surface area (Å²) in [6.45, 7) is 7.18. The van der Waals surface area contributed by atoms with Gasteiger partial charge in [-0.1, -0.05) is 20.8 Å². The average Bonchev–Trinajstić information content (AvgIpc) is 2.74. The Bertz CT molecular complexity index is 292. The van der Waals surface area contributed by atoms with Gasteiger partial charge in [-0.2, -0.15) is 0 Å². The van der Waals surface area contributed by atoms with Crippen molar-refractivity contribution in [1.82, 2.24) is 4.98 Å². The Morgan fingerprint density at radius 2 is 2.07 bits per heavy atom. The summed E-state index contributed by atoms with van der Waals surface area (Å²) in [6.07, 6.45) is 2.97. The second kappa shape index (κ2) is 5.47. The Kier molecular flexibility index (Phi) is 4.54. The number of anilines is 1. The van der Waals surface area contributed by atoms with Crippen molar-refractivity contribution in [2.45, 2.75) is 45.6 Å². The molecule has 0 atom stereocenters. The molecule has 0 saturated heterocycles. The molecule has 15 heavy (non-hydrogen) atoms. The van der Waals surface area contributed by atoms with Crippen LogP contribution in [0.5, 0.6) is 0 Å². The lowest BCUT2D eigenvalue weighted by molar-refractivity contribution is 0.418. The Hall–Kier alpha value is -0.610. The first-order valence-corrected chi connectivity index (χ1v) is 6.48. The smallest absolute Gasteiger partial charge is 0.182 e. The molecule has 0 radical (unpaired) electrons. The number of aryl methyl sites for hydroxylation is 1. The summed E-state index contributed by atoms with van der Waals surface area (Å²) in [6, 6.07) is 0. The van der Waals surface area contributed by atoms with Gasteiger partial charge in [0, 0.05) is 17.5 Å². The predicted octanol–water partition coefficient (Wildman–Crippen LogP) is 2.63. The van der Waals surface area contributed by atoms with Crippen LogP contribution >= 0.6 is 11.3 Å². The zero-order valence-corrected chi connectivity index (χ0v) is 10.7. The molecule has 0 aromatic carbocycles. The third-order valence-electron chi connectivity index (χ3n) is 2.91. The van der Waals surface area contributed by atoms with Gasteiger partial charge in [-0.05, 0) is 19.3 Å². The Labute approximate surface area is 96.1 Å². The van der Waals surface area contributed by atoms with E-state index in [-0.39, 0.29) is 5.54 Å². The zero-order valence-electron chi connectivity index (χ0n) is 9.84. The molecule has 0 spiro atoms. The van der Waals surface area contributed by atoms with Crippen LogP contribution < -0.4 is 11.1 Å². The van der Waals surface area contributed by atoms with Crippen LogP contribution in [0.3, 0.4) is 0 Å². The molecule has 0 aliphatic carbocycles. The zero-order chi connectivity index (χ0) is 11.3. The number of hydrogen-bond acceptors (Lipinski definition) is 4. The van der Waals surface area contributed by atoms with E-state index in [1.54, 1.807) is 11.3 Å². The van der Waals surface area contributed by atoms with E-state index in [9.17, 15) is 0 Å². The molecule has 4 heteroatoms. The molecule has 0 amide bonds. The third-order valence-corrected chi connectivity index (χ3v) is 3.76. The molecule has 3 N–H and O–H groups in total. The summed E-state index contributed by atoms with van der Waals surface area (Å²) < 4.78 is 0. The number of rotatable bonds is 6. The first kappa shape index (κ1) is 12.5. The van der Waals surface area contributed by atoms with Gasteiger partial charge in [-0.3, -0.25) is 0 Å². The van der Waals surface area contributed by atoms with Crippen molar-refractivity contribution in [3.63, 3.8) is 0 Å². The summed E-state index contributed by atoms with van der Waals surface area (Å²) in [7, 11) is 0. The topological polar surface area (TPSA) is 50.9 Å². The highest BCUT2D eigenvalue weighted by molar-refractivity contribution is 7.13. The van der Waals surface area contributed by atoms with Crippen molar-refractivity contribution in [3.05, 3.63) is 11.1 Å². The van der Waals surface area contributed by atoms with Crippen LogP contribution in [0.2, 0.25) is 0 Å². The molecule has 0 unspecified atom stereocenters. The Balaban J connectivity index is 2.49. The van der Waals surface area contributed by atoms with Crippen molar-refractivity contribution < 1.29 is 0 Å². The predicted molar refractivity (Wildman–Crippen MR) is 67.5 cm³/mol. The summed E-state index contributed by atoms with van der Waals surface area (Å²) >= 11 is 1.66. The fraction of sp³-hybridized carbons (Fsp3) is 0.727. The van der Waals surface area contributed by atoms with Crippen LogP contribution in [0, 0.1) is 0 Å². The van der Waals surface area contributed by atoms with Crippen molar-refractivity contribution in [1.29, 1.82) is 0 Å². The minimum absolute atomic E-state index is 0.0992. The maximum Gasteiger partial charge on any atom is 0.182 e. The normalized spacial score (nSPS) is 11.7. The molecular weight excluding hydrogens is 206 g/mol. The molecule has 0 fully saturated rings. The van der Waals surface area contributed by atoms with Gasteiger partial charge in [0.2, 0.25) is 0 Å². The highest BCUT2D eigenvalue weighted by Gasteiger charge is 2.19. The Morgan fingerprint density at radius 3 is 2.53 bits per heavy atom. The highest BCUT2D eigenvalue weighted by Crippen LogP contribution is 2.18. The van der Waals surface area contributed by atoms with Crippen LogP contribution in [0.25, 0.3) is 0 Å². The lowest BCUT2D eigenvalue weighted by atomic mass is 9.94. The molecule has 1 rings (SSSR count). The fourth-order valence-corrected chi connectivity index (χ4v) is 2.09. The van der Waals surface area contributed by atoms with Crippen LogP contribution in [-0.2, 0) is 6.42 Å². The average molecular weight is 227 g/mol. The van der Waals surface area contributed by atoms with Gasteiger partial charge in [0.15, 0.2) is 5.13 Å². The first-order chi connectivity index (χ1) is 7.13. The number of nitrogens with two attached hydrogens (primary N) is 1. The molecular formula is C11H21N3S. The quantitative estimate of drug-likeness (QED) is 0.785. The molecule has 1 aromatic heterocycles. The number of aromatic nitrogens is 1. The number of nitrogens with one attached hydrogen (secondary N) is 1. The molecule has 1 aromatic rings. The summed E-state index contributed by atoms with van der Waals surface area (Å²) in [5, 5.41) is 6.41. The van der Waals surface area contributed by atoms with Crippen LogP contribution in [0.1, 0.15) is 39.3 Å². The lowest BCUT2D eigenvalue weighted by Gasteiger charge is -2.26. The number of hydrogen-bond donors (Lipinski definition) is 2. The molecule has 0 aliphatic heterocycles. The van der Waals surface area contributed by atoms with E-state index in [1.807, 2.05) is 0 Å². The van der Waals surface area contributed by atoms with E-state index in [0.717, 1.165) is 36.6 Å². The molecule has 0 bridgehead atoms. The van der Waals surface area contributed by atoms with E-state index in [2.05, 4.69) is 36.5 Å². The van der Waals surface area contributed by atoms with Crippen LogP contribution in [0.15, 0.2) is 5.38 Å². The first-order valence-electron chi connectivity index (χ1n) is 5.60. The molecule has 0 saturated carbocycles. The van der Waals surface area contributed by atoms with E-state index in [0.29, 0.717) is 0 Å². The monoisotopic (exact) mass is 227 g/mol. The van der Waals surface area contributed by atoms with Gasteiger partial charge in [0.25, 0.3) is 0 Å². The van der Waals surface area contributed by atoms with E-state index in [4.69, 9.17) is 5.73 Å². The van der Waals surface area contributed by atoms with Crippen molar-refractivity contribution in [2.24, 2.45) is 5.73 Å². The maximum atomic E-state index is 6.20. The van der Waals surface area contributed by atoms with Gasteiger partial charge >= 0.3 is 0 Å². The Morgan fingerprint density at radius 1 is 1.40 bits per heavy atom. The van der Waals surface area contributed by atoms with E-state index in [1.165, 1.54) is 0 Å². The molecule has 1 heterocycles. The number of nitrogens with zero attached hydrogens (tertiary/aromatic N) is 1. The van der Waals surface area contributed by atoms with Gasteiger partial charge < -0.3 is 11.1 Å². The van der Waals surface area contributed by atoms with Crippen molar-refractivity contribution in [2.75, 3.05) is 11.9 Å².